The SMILES string of the molecule is Cc1oc2ccc(-c3cccc(C(=O)NC(C)(C)c4ccccc4)c3)cc2c1C(=O)Nc1ccc(F)cc1. The highest BCUT2D eigenvalue weighted by atomic mass is 19.1. The molecule has 2 N–H and O–H groups in total. The molecule has 0 saturated heterocycles. The number of halogens is 1. The summed E-state index contributed by atoms with van der Waals surface area (Å²) in [7, 11) is 0. The fourth-order valence-corrected chi connectivity index (χ4v) is 4.53. The van der Waals surface area contributed by atoms with E-state index in [1.165, 1.54) is 24.3 Å². The van der Waals surface area contributed by atoms with Crippen molar-refractivity contribution in [3.63, 3.8) is 0 Å². The van der Waals surface area contributed by atoms with Crippen molar-refractivity contribution >= 4 is 28.5 Å². The average molecular weight is 507 g/mol. The molecule has 0 spiro atoms. The van der Waals surface area contributed by atoms with Crippen LogP contribution in [0, 0.1) is 12.7 Å². The molecule has 0 atom stereocenters. The predicted octanol–water partition coefficient (Wildman–Crippen LogP) is 7.46. The number of anilines is 1. The van der Waals surface area contributed by atoms with Gasteiger partial charge in [-0.1, -0.05) is 48.5 Å². The number of carbonyl (C=O) groups is 2. The van der Waals surface area contributed by atoms with E-state index < -0.39 is 5.54 Å². The van der Waals surface area contributed by atoms with E-state index in [1.54, 1.807) is 13.0 Å². The van der Waals surface area contributed by atoms with Gasteiger partial charge in [-0.15, -0.1) is 0 Å². The fourth-order valence-electron chi connectivity index (χ4n) is 4.53. The maximum absolute atomic E-state index is 13.3. The number of nitrogens with one attached hydrogen (secondary N) is 2. The Hall–Kier alpha value is -4.71. The molecule has 5 aromatic rings. The Balaban J connectivity index is 1.43. The number of fused-ring (bicyclic) bond motifs is 1. The van der Waals surface area contributed by atoms with Crippen molar-refractivity contribution in [1.82, 2.24) is 5.32 Å². The van der Waals surface area contributed by atoms with E-state index in [0.717, 1.165) is 16.7 Å². The molecule has 4 aromatic carbocycles. The monoisotopic (exact) mass is 506 g/mol. The zero-order valence-corrected chi connectivity index (χ0v) is 21.3. The summed E-state index contributed by atoms with van der Waals surface area (Å²) in [6.45, 7) is 5.67. The van der Waals surface area contributed by atoms with Gasteiger partial charge in [-0.25, -0.2) is 4.39 Å². The number of rotatable bonds is 6. The van der Waals surface area contributed by atoms with E-state index in [9.17, 15) is 14.0 Å². The largest absolute Gasteiger partial charge is 0.461 e. The Morgan fingerprint density at radius 3 is 2.24 bits per heavy atom. The molecule has 0 aliphatic rings. The Morgan fingerprint density at radius 2 is 1.50 bits per heavy atom. The minimum absolute atomic E-state index is 0.180. The van der Waals surface area contributed by atoms with Gasteiger partial charge in [0.15, 0.2) is 0 Å². The second-order valence-corrected chi connectivity index (χ2v) is 9.73. The van der Waals surface area contributed by atoms with Crippen LogP contribution in [0.4, 0.5) is 10.1 Å². The zero-order valence-electron chi connectivity index (χ0n) is 21.3. The van der Waals surface area contributed by atoms with Crippen molar-refractivity contribution < 1.29 is 18.4 Å². The van der Waals surface area contributed by atoms with E-state index in [2.05, 4.69) is 10.6 Å². The molecule has 5 nitrogen and oxygen atoms in total. The van der Waals surface area contributed by atoms with Crippen molar-refractivity contribution in [3.8, 4) is 11.1 Å². The van der Waals surface area contributed by atoms with Crippen LogP contribution in [0.5, 0.6) is 0 Å². The van der Waals surface area contributed by atoms with Crippen LogP contribution >= 0.6 is 0 Å². The van der Waals surface area contributed by atoms with Gasteiger partial charge in [0.2, 0.25) is 0 Å². The minimum atomic E-state index is -0.547. The standard InChI is InChI=1S/C32H27FN2O3/c1-20-29(31(37)34-26-15-13-25(33)14-16-26)27-19-22(12-17-28(27)38-20)21-8-7-9-23(18-21)30(36)35-32(2,3)24-10-5-4-6-11-24/h4-19H,1-3H3,(H,34,37)(H,35,36). The van der Waals surface area contributed by atoms with E-state index in [4.69, 9.17) is 4.42 Å². The number of carbonyl (C=O) groups excluding carboxylic acids is 2. The van der Waals surface area contributed by atoms with Gasteiger partial charge in [-0.3, -0.25) is 9.59 Å². The van der Waals surface area contributed by atoms with Crippen LogP contribution in [0.1, 0.15) is 45.9 Å². The quantitative estimate of drug-likeness (QED) is 0.251. The highest BCUT2D eigenvalue weighted by molar-refractivity contribution is 6.13. The Labute approximate surface area is 220 Å². The second kappa shape index (κ2) is 9.98. The van der Waals surface area contributed by atoms with Crippen molar-refractivity contribution in [2.24, 2.45) is 0 Å². The van der Waals surface area contributed by atoms with Gasteiger partial charge in [-0.2, -0.15) is 0 Å². The van der Waals surface area contributed by atoms with Crippen LogP contribution in [-0.2, 0) is 5.54 Å². The molecule has 2 amide bonds. The summed E-state index contributed by atoms with van der Waals surface area (Å²) in [4.78, 5) is 26.3. The first kappa shape index (κ1) is 25.0. The van der Waals surface area contributed by atoms with E-state index in [-0.39, 0.29) is 17.6 Å². The molecule has 38 heavy (non-hydrogen) atoms. The lowest BCUT2D eigenvalue weighted by atomic mass is 9.93. The van der Waals surface area contributed by atoms with Gasteiger partial charge >= 0.3 is 0 Å². The molecule has 190 valence electrons. The lowest BCUT2D eigenvalue weighted by Crippen LogP contribution is -2.40. The molecular formula is C32H27FN2O3. The van der Waals surface area contributed by atoms with Crippen LogP contribution in [0.15, 0.2) is 101 Å². The molecule has 0 saturated carbocycles. The van der Waals surface area contributed by atoms with Gasteiger partial charge in [0.1, 0.15) is 17.2 Å². The Morgan fingerprint density at radius 1 is 0.789 bits per heavy atom. The number of benzene rings is 4. The third kappa shape index (κ3) is 5.06. The molecule has 0 unspecified atom stereocenters. The fraction of sp³-hybridized carbons (Fsp3) is 0.125. The van der Waals surface area contributed by atoms with Crippen molar-refractivity contribution in [1.29, 1.82) is 0 Å². The van der Waals surface area contributed by atoms with Gasteiger partial charge in [0, 0.05) is 16.6 Å². The lowest BCUT2D eigenvalue weighted by molar-refractivity contribution is 0.0911. The first-order chi connectivity index (χ1) is 18.2. The number of amides is 2. The summed E-state index contributed by atoms with van der Waals surface area (Å²) < 4.78 is 19.1. The smallest absolute Gasteiger partial charge is 0.259 e. The van der Waals surface area contributed by atoms with Gasteiger partial charge in [0.05, 0.1) is 11.1 Å². The lowest BCUT2D eigenvalue weighted by Gasteiger charge is -2.27. The topological polar surface area (TPSA) is 71.3 Å². The number of aryl methyl sites for hydroxylation is 1. The maximum Gasteiger partial charge on any atom is 0.259 e. The molecule has 0 fully saturated rings. The van der Waals surface area contributed by atoms with Crippen LogP contribution in [0.2, 0.25) is 0 Å². The first-order valence-electron chi connectivity index (χ1n) is 12.3. The van der Waals surface area contributed by atoms with Gasteiger partial charge in [-0.05, 0) is 86.0 Å². The summed E-state index contributed by atoms with van der Waals surface area (Å²) in [5.41, 5.74) is 4.14. The molecule has 0 aliphatic heterocycles. The van der Waals surface area contributed by atoms with Crippen molar-refractivity contribution in [2.45, 2.75) is 26.3 Å². The van der Waals surface area contributed by atoms with Crippen LogP contribution < -0.4 is 10.6 Å². The molecule has 0 bridgehead atoms. The summed E-state index contributed by atoms with van der Waals surface area (Å²) >= 11 is 0. The van der Waals surface area contributed by atoms with Gasteiger partial charge < -0.3 is 15.1 Å². The highest BCUT2D eigenvalue weighted by Crippen LogP contribution is 2.31. The molecule has 6 heteroatoms. The third-order valence-corrected chi connectivity index (χ3v) is 6.57. The van der Waals surface area contributed by atoms with Crippen LogP contribution in [-0.4, -0.2) is 11.8 Å². The minimum Gasteiger partial charge on any atom is -0.461 e. The maximum atomic E-state index is 13.3. The van der Waals surface area contributed by atoms with Crippen LogP contribution in [0.3, 0.4) is 0 Å². The first-order valence-corrected chi connectivity index (χ1v) is 12.3. The molecular weight excluding hydrogens is 479 g/mol. The Bertz CT molecular complexity index is 1640. The molecule has 5 rings (SSSR count). The summed E-state index contributed by atoms with van der Waals surface area (Å²) in [5.74, 6) is -0.424. The average Bonchev–Trinajstić information content (AvgIpc) is 3.25. The normalized spacial score (nSPS) is 11.4. The zero-order chi connectivity index (χ0) is 26.9. The number of furan rings is 1. The van der Waals surface area contributed by atoms with E-state index >= 15 is 0 Å². The third-order valence-electron chi connectivity index (χ3n) is 6.57. The second-order valence-electron chi connectivity index (χ2n) is 9.73. The van der Waals surface area contributed by atoms with E-state index in [1.807, 2.05) is 80.6 Å². The predicted molar refractivity (Wildman–Crippen MR) is 148 cm³/mol. The summed E-state index contributed by atoms with van der Waals surface area (Å²) in [6, 6.07) is 28.4. The van der Waals surface area contributed by atoms with Crippen molar-refractivity contribution in [3.05, 3.63) is 125 Å². The highest BCUT2D eigenvalue weighted by Gasteiger charge is 2.24. The molecule has 0 radical (unpaired) electrons. The van der Waals surface area contributed by atoms with Crippen LogP contribution in [0.25, 0.3) is 22.1 Å². The Kier molecular flexibility index (Phi) is 6.55. The number of hydrogen-bond acceptors (Lipinski definition) is 3. The van der Waals surface area contributed by atoms with Crippen molar-refractivity contribution in [2.75, 3.05) is 5.32 Å². The summed E-state index contributed by atoms with van der Waals surface area (Å²) in [6.07, 6.45) is 0. The molecule has 1 aromatic heterocycles. The molecule has 1 heterocycles. The van der Waals surface area contributed by atoms with Gasteiger partial charge in [0.25, 0.3) is 11.8 Å². The number of hydrogen-bond donors (Lipinski definition) is 2. The van der Waals surface area contributed by atoms with E-state index in [0.29, 0.717) is 33.5 Å². The summed E-state index contributed by atoms with van der Waals surface area (Å²) in [5, 5.41) is 6.58. The molecule has 0 aliphatic carbocycles.